The molecule has 1 saturated carbocycles. The molecule has 2 aliphatic rings. The number of benzene rings is 1. The number of aryl methyl sites for hydroxylation is 1. The predicted molar refractivity (Wildman–Crippen MR) is 94.7 cm³/mol. The molecule has 1 heterocycles. The molecule has 2 fully saturated rings. The van der Waals surface area contributed by atoms with Gasteiger partial charge in [-0.05, 0) is 38.8 Å². The second-order valence-corrected chi connectivity index (χ2v) is 8.66. The minimum absolute atomic E-state index is 0.0707. The zero-order valence-corrected chi connectivity index (χ0v) is 15.6. The van der Waals surface area contributed by atoms with Gasteiger partial charge in [-0.2, -0.15) is 4.72 Å². The van der Waals surface area contributed by atoms with Crippen molar-refractivity contribution in [3.63, 3.8) is 0 Å². The van der Waals surface area contributed by atoms with Crippen molar-refractivity contribution in [2.45, 2.75) is 62.6 Å². The summed E-state index contributed by atoms with van der Waals surface area (Å²) in [6.45, 7) is 4.55. The quantitative estimate of drug-likeness (QED) is 0.882. The van der Waals surface area contributed by atoms with Crippen LogP contribution in [0.4, 0.5) is 0 Å². The lowest BCUT2D eigenvalue weighted by Crippen LogP contribution is -2.58. The molecule has 0 bridgehead atoms. The first-order valence-electron chi connectivity index (χ1n) is 8.89. The minimum Gasteiger partial charge on any atom is -0.374 e. The van der Waals surface area contributed by atoms with Crippen LogP contribution in [-0.2, 0) is 19.6 Å². The van der Waals surface area contributed by atoms with Crippen molar-refractivity contribution in [2.75, 3.05) is 13.2 Å². The van der Waals surface area contributed by atoms with Gasteiger partial charge in [0.2, 0.25) is 15.9 Å². The van der Waals surface area contributed by atoms with E-state index in [9.17, 15) is 13.2 Å². The maximum atomic E-state index is 12.9. The number of carbonyl (C=O) groups excluding carboxylic acids is 1. The van der Waals surface area contributed by atoms with E-state index in [1.165, 1.54) is 0 Å². The Morgan fingerprint density at radius 1 is 1.24 bits per heavy atom. The van der Waals surface area contributed by atoms with E-state index in [0.717, 1.165) is 31.2 Å². The van der Waals surface area contributed by atoms with Crippen LogP contribution in [0.1, 0.15) is 38.2 Å². The van der Waals surface area contributed by atoms with Crippen molar-refractivity contribution in [3.05, 3.63) is 29.8 Å². The van der Waals surface area contributed by atoms with Gasteiger partial charge in [0.05, 0.1) is 29.7 Å². The maximum Gasteiger partial charge on any atom is 0.241 e. The molecular weight excluding hydrogens is 340 g/mol. The van der Waals surface area contributed by atoms with Crippen molar-refractivity contribution in [1.29, 1.82) is 0 Å². The molecule has 3 rings (SSSR count). The van der Waals surface area contributed by atoms with Crippen molar-refractivity contribution in [2.24, 2.45) is 0 Å². The normalized spacial score (nSPS) is 25.3. The Hall–Kier alpha value is -1.44. The Balaban J connectivity index is 1.70. The van der Waals surface area contributed by atoms with Crippen LogP contribution in [-0.4, -0.2) is 50.6 Å². The molecule has 7 heteroatoms. The van der Waals surface area contributed by atoms with E-state index in [0.29, 0.717) is 13.2 Å². The minimum atomic E-state index is -3.72. The van der Waals surface area contributed by atoms with E-state index in [2.05, 4.69) is 4.72 Å². The van der Waals surface area contributed by atoms with E-state index < -0.39 is 16.1 Å². The van der Waals surface area contributed by atoms with Crippen molar-refractivity contribution in [3.8, 4) is 0 Å². The molecule has 0 unspecified atom stereocenters. The van der Waals surface area contributed by atoms with E-state index in [1.54, 1.807) is 31.2 Å². The number of morpholine rings is 1. The van der Waals surface area contributed by atoms with Gasteiger partial charge >= 0.3 is 0 Å². The summed E-state index contributed by atoms with van der Waals surface area (Å²) in [5.41, 5.74) is 0.986. The summed E-state index contributed by atoms with van der Waals surface area (Å²) < 4.78 is 33.4. The van der Waals surface area contributed by atoms with Crippen LogP contribution in [0.15, 0.2) is 29.2 Å². The molecule has 25 heavy (non-hydrogen) atoms. The Bertz CT molecular complexity index is 715. The Kier molecular flexibility index (Phi) is 5.46. The van der Waals surface area contributed by atoms with E-state index in [1.807, 2.05) is 11.8 Å². The molecule has 3 atom stereocenters. The highest BCUT2D eigenvalue weighted by Gasteiger charge is 2.38. The average molecular weight is 366 g/mol. The number of hydrogen-bond acceptors (Lipinski definition) is 4. The fourth-order valence-corrected chi connectivity index (χ4v) is 4.88. The number of hydrogen-bond donors (Lipinski definition) is 1. The third-order valence-electron chi connectivity index (χ3n) is 5.05. The number of fused-ring (bicyclic) bond motifs is 1. The maximum absolute atomic E-state index is 12.9. The fourth-order valence-electron chi connectivity index (χ4n) is 3.69. The first-order valence-corrected chi connectivity index (χ1v) is 10.4. The number of amides is 1. The lowest BCUT2D eigenvalue weighted by Gasteiger charge is -2.44. The van der Waals surface area contributed by atoms with Gasteiger partial charge in [0.25, 0.3) is 0 Å². The standard InChI is InChI=1S/C18H26N2O4S/c1-13-7-9-15(10-8-13)25(22,23)19-14(2)18(21)20-11-12-24-17-6-4-3-5-16(17)20/h7-10,14,16-17,19H,3-6,11-12H2,1-2H3/t14-,16+,17+/m0/s1. The summed E-state index contributed by atoms with van der Waals surface area (Å²) in [6, 6.07) is 5.88. The third-order valence-corrected chi connectivity index (χ3v) is 6.61. The molecule has 1 aromatic rings. The first kappa shape index (κ1) is 18.4. The molecule has 0 aromatic heterocycles. The molecule has 1 aliphatic carbocycles. The van der Waals surface area contributed by atoms with Gasteiger partial charge in [-0.1, -0.05) is 30.5 Å². The molecule has 1 aromatic carbocycles. The molecule has 1 aliphatic heterocycles. The zero-order chi connectivity index (χ0) is 18.0. The van der Waals surface area contributed by atoms with Crippen LogP contribution in [0.3, 0.4) is 0 Å². The molecule has 1 saturated heterocycles. The molecule has 1 amide bonds. The second kappa shape index (κ2) is 7.43. The van der Waals surface area contributed by atoms with Crippen LogP contribution in [0.5, 0.6) is 0 Å². The van der Waals surface area contributed by atoms with Crippen LogP contribution in [0.2, 0.25) is 0 Å². The molecule has 0 spiro atoms. The predicted octanol–water partition coefficient (Wildman–Crippen LogP) is 1.83. The Morgan fingerprint density at radius 2 is 1.92 bits per heavy atom. The van der Waals surface area contributed by atoms with Gasteiger partial charge in [-0.25, -0.2) is 8.42 Å². The second-order valence-electron chi connectivity index (χ2n) is 6.95. The van der Waals surface area contributed by atoms with Crippen molar-refractivity contribution < 1.29 is 17.9 Å². The highest BCUT2D eigenvalue weighted by Crippen LogP contribution is 2.29. The molecule has 1 N–H and O–H groups in total. The number of nitrogens with zero attached hydrogens (tertiary/aromatic N) is 1. The summed E-state index contributed by atoms with van der Waals surface area (Å²) >= 11 is 0. The number of ether oxygens (including phenoxy) is 1. The lowest BCUT2D eigenvalue weighted by atomic mass is 9.90. The SMILES string of the molecule is Cc1ccc(S(=O)(=O)N[C@@H](C)C(=O)N2CCO[C@@H]3CCCC[C@H]32)cc1. The van der Waals surface area contributed by atoms with Crippen LogP contribution < -0.4 is 4.72 Å². The summed E-state index contributed by atoms with van der Waals surface area (Å²) in [5, 5.41) is 0. The summed E-state index contributed by atoms with van der Waals surface area (Å²) in [7, 11) is -3.72. The van der Waals surface area contributed by atoms with E-state index in [4.69, 9.17) is 4.74 Å². The van der Waals surface area contributed by atoms with Crippen LogP contribution in [0, 0.1) is 6.92 Å². The number of rotatable bonds is 4. The average Bonchev–Trinajstić information content (AvgIpc) is 2.60. The lowest BCUT2D eigenvalue weighted by molar-refractivity contribution is -0.150. The van der Waals surface area contributed by atoms with Gasteiger partial charge in [-0.15, -0.1) is 0 Å². The highest BCUT2D eigenvalue weighted by molar-refractivity contribution is 7.89. The van der Waals surface area contributed by atoms with Gasteiger partial charge < -0.3 is 9.64 Å². The molecule has 138 valence electrons. The molecule has 0 radical (unpaired) electrons. The van der Waals surface area contributed by atoms with E-state index >= 15 is 0 Å². The van der Waals surface area contributed by atoms with Crippen molar-refractivity contribution in [1.82, 2.24) is 9.62 Å². The Labute approximate surface area is 149 Å². The summed E-state index contributed by atoms with van der Waals surface area (Å²) in [4.78, 5) is 14.9. The van der Waals surface area contributed by atoms with Gasteiger partial charge in [0.1, 0.15) is 0 Å². The van der Waals surface area contributed by atoms with Gasteiger partial charge in [-0.3, -0.25) is 4.79 Å². The largest absolute Gasteiger partial charge is 0.374 e. The summed E-state index contributed by atoms with van der Waals surface area (Å²) in [5.74, 6) is -0.170. The van der Waals surface area contributed by atoms with E-state index in [-0.39, 0.29) is 22.9 Å². The third kappa shape index (κ3) is 4.04. The van der Waals surface area contributed by atoms with Crippen LogP contribution in [0.25, 0.3) is 0 Å². The fraction of sp³-hybridized carbons (Fsp3) is 0.611. The number of sulfonamides is 1. The monoisotopic (exact) mass is 366 g/mol. The molecular formula is C18H26N2O4S. The number of carbonyl (C=O) groups is 1. The first-order chi connectivity index (χ1) is 11.9. The summed E-state index contributed by atoms with van der Waals surface area (Å²) in [6.07, 6.45) is 4.19. The van der Waals surface area contributed by atoms with Crippen molar-refractivity contribution >= 4 is 15.9 Å². The number of nitrogens with one attached hydrogen (secondary N) is 1. The van der Waals surface area contributed by atoms with Gasteiger partial charge in [0, 0.05) is 6.54 Å². The highest BCUT2D eigenvalue weighted by atomic mass is 32.2. The Morgan fingerprint density at radius 3 is 2.64 bits per heavy atom. The topological polar surface area (TPSA) is 75.7 Å². The zero-order valence-electron chi connectivity index (χ0n) is 14.8. The van der Waals surface area contributed by atoms with Gasteiger partial charge in [0.15, 0.2) is 0 Å². The molecule has 6 nitrogen and oxygen atoms in total. The smallest absolute Gasteiger partial charge is 0.241 e. The van der Waals surface area contributed by atoms with Crippen LogP contribution >= 0.6 is 0 Å².